The molecule has 17 heavy (non-hydrogen) atoms. The number of nitrogens with one attached hydrogen (secondary N) is 1. The number of nitrogens with two attached hydrogens (primary N) is 1. The lowest BCUT2D eigenvalue weighted by atomic mass is 9.78. The summed E-state index contributed by atoms with van der Waals surface area (Å²) in [6.45, 7) is -0.225. The van der Waals surface area contributed by atoms with Crippen LogP contribution in [-0.4, -0.2) is 43.1 Å². The molecule has 1 amide bonds. The van der Waals surface area contributed by atoms with Gasteiger partial charge in [-0.15, -0.1) is 0 Å². The largest absolute Gasteiger partial charge is 0.409 e. The number of hydrogen-bond donors (Lipinski definition) is 3. The first-order valence-corrected chi connectivity index (χ1v) is 5.15. The standard InChI is InChI=1S/C9H15F2N3O3/c10-6(11)5-13-8(15)9(7(12)14-16)1-3-17-4-2-9/h6,16H,1-5H2,(H2,12,14)(H,13,15). The Morgan fingerprint density at radius 1 is 1.53 bits per heavy atom. The lowest BCUT2D eigenvalue weighted by Crippen LogP contribution is -2.53. The second kappa shape index (κ2) is 5.76. The smallest absolute Gasteiger partial charge is 0.255 e. The number of rotatable bonds is 4. The van der Waals surface area contributed by atoms with Gasteiger partial charge in [-0.25, -0.2) is 8.78 Å². The molecule has 8 heteroatoms. The Labute approximate surface area is 96.8 Å². The third kappa shape index (κ3) is 3.02. The molecular formula is C9H15F2N3O3. The van der Waals surface area contributed by atoms with Crippen LogP contribution in [0, 0.1) is 5.41 Å². The van der Waals surface area contributed by atoms with Crippen LogP contribution in [0.4, 0.5) is 8.78 Å². The van der Waals surface area contributed by atoms with Crippen molar-refractivity contribution in [1.82, 2.24) is 5.32 Å². The molecule has 0 bridgehead atoms. The zero-order valence-corrected chi connectivity index (χ0v) is 9.16. The molecular weight excluding hydrogens is 236 g/mol. The van der Waals surface area contributed by atoms with Crippen LogP contribution in [0.25, 0.3) is 0 Å². The van der Waals surface area contributed by atoms with E-state index in [0.717, 1.165) is 0 Å². The topological polar surface area (TPSA) is 96.9 Å². The summed E-state index contributed by atoms with van der Waals surface area (Å²) in [7, 11) is 0. The molecule has 1 aliphatic heterocycles. The third-order valence-electron chi connectivity index (χ3n) is 2.80. The van der Waals surface area contributed by atoms with Gasteiger partial charge in [0.1, 0.15) is 5.41 Å². The average Bonchev–Trinajstić information content (AvgIpc) is 2.35. The van der Waals surface area contributed by atoms with Crippen molar-refractivity contribution in [3.05, 3.63) is 0 Å². The van der Waals surface area contributed by atoms with Crippen molar-refractivity contribution in [2.24, 2.45) is 16.3 Å². The van der Waals surface area contributed by atoms with Gasteiger partial charge in [-0.05, 0) is 12.8 Å². The normalized spacial score (nSPS) is 20.3. The SMILES string of the molecule is NC(=NO)C1(C(=O)NCC(F)F)CCOCC1. The van der Waals surface area contributed by atoms with Crippen LogP contribution in [0.15, 0.2) is 5.16 Å². The number of amidine groups is 1. The predicted molar refractivity (Wildman–Crippen MR) is 54.9 cm³/mol. The summed E-state index contributed by atoms with van der Waals surface area (Å²) in [5.74, 6) is -0.927. The number of amides is 1. The highest BCUT2D eigenvalue weighted by atomic mass is 19.3. The van der Waals surface area contributed by atoms with E-state index in [1.165, 1.54) is 0 Å². The quantitative estimate of drug-likeness (QED) is 0.281. The van der Waals surface area contributed by atoms with Gasteiger partial charge in [-0.2, -0.15) is 0 Å². The van der Waals surface area contributed by atoms with E-state index in [-0.39, 0.29) is 31.9 Å². The van der Waals surface area contributed by atoms with E-state index in [1.807, 2.05) is 0 Å². The van der Waals surface area contributed by atoms with E-state index in [9.17, 15) is 13.6 Å². The first-order valence-electron chi connectivity index (χ1n) is 5.15. The maximum Gasteiger partial charge on any atom is 0.255 e. The van der Waals surface area contributed by atoms with E-state index < -0.39 is 24.3 Å². The first kappa shape index (κ1) is 13.6. The molecule has 0 aromatic rings. The second-order valence-electron chi connectivity index (χ2n) is 3.78. The Hall–Kier alpha value is -1.44. The van der Waals surface area contributed by atoms with Crippen molar-refractivity contribution in [2.45, 2.75) is 19.3 Å². The Bertz CT molecular complexity index is 304. The lowest BCUT2D eigenvalue weighted by molar-refractivity contribution is -0.132. The molecule has 4 N–H and O–H groups in total. The summed E-state index contributed by atoms with van der Waals surface area (Å²) in [6.07, 6.45) is -2.22. The van der Waals surface area contributed by atoms with Gasteiger partial charge in [0.15, 0.2) is 5.84 Å². The molecule has 1 saturated heterocycles. The number of nitrogens with zero attached hydrogens (tertiary/aromatic N) is 1. The minimum Gasteiger partial charge on any atom is -0.409 e. The van der Waals surface area contributed by atoms with Crippen molar-refractivity contribution in [3.63, 3.8) is 0 Å². The van der Waals surface area contributed by atoms with E-state index in [2.05, 4.69) is 10.5 Å². The number of ether oxygens (including phenoxy) is 1. The van der Waals surface area contributed by atoms with Gasteiger partial charge in [0.05, 0.1) is 6.54 Å². The average molecular weight is 251 g/mol. The van der Waals surface area contributed by atoms with E-state index in [4.69, 9.17) is 15.7 Å². The number of alkyl halides is 2. The van der Waals surface area contributed by atoms with Crippen LogP contribution in [0.1, 0.15) is 12.8 Å². The lowest BCUT2D eigenvalue weighted by Gasteiger charge is -2.34. The summed E-state index contributed by atoms with van der Waals surface area (Å²) in [6, 6.07) is 0. The maximum atomic E-state index is 12.0. The molecule has 6 nitrogen and oxygen atoms in total. The molecule has 1 rings (SSSR count). The zero-order valence-electron chi connectivity index (χ0n) is 9.16. The van der Waals surface area contributed by atoms with Crippen LogP contribution in [0.5, 0.6) is 0 Å². The van der Waals surface area contributed by atoms with Gasteiger partial charge in [0, 0.05) is 13.2 Å². The summed E-state index contributed by atoms with van der Waals surface area (Å²) in [5.41, 5.74) is 4.24. The molecule has 0 aromatic heterocycles. The molecule has 0 atom stereocenters. The van der Waals surface area contributed by atoms with Gasteiger partial charge in [0.2, 0.25) is 5.91 Å². The van der Waals surface area contributed by atoms with Crippen LogP contribution < -0.4 is 11.1 Å². The van der Waals surface area contributed by atoms with Crippen molar-refractivity contribution in [1.29, 1.82) is 0 Å². The van der Waals surface area contributed by atoms with Crippen molar-refractivity contribution in [2.75, 3.05) is 19.8 Å². The number of oxime groups is 1. The van der Waals surface area contributed by atoms with Crippen molar-refractivity contribution >= 4 is 11.7 Å². The summed E-state index contributed by atoms with van der Waals surface area (Å²) in [4.78, 5) is 11.9. The predicted octanol–water partition coefficient (Wildman–Crippen LogP) is -0.0891. The van der Waals surface area contributed by atoms with E-state index in [0.29, 0.717) is 0 Å². The number of halogens is 2. The Morgan fingerprint density at radius 2 is 2.12 bits per heavy atom. The van der Waals surface area contributed by atoms with E-state index in [1.54, 1.807) is 0 Å². The summed E-state index contributed by atoms with van der Waals surface area (Å²) >= 11 is 0. The summed E-state index contributed by atoms with van der Waals surface area (Å²) in [5, 5.41) is 13.6. The number of carbonyl (C=O) groups excluding carboxylic acids is 1. The maximum absolute atomic E-state index is 12.0. The Kier molecular flexibility index (Phi) is 4.62. The molecule has 1 fully saturated rings. The number of carbonyl (C=O) groups is 1. The van der Waals surface area contributed by atoms with Gasteiger partial charge >= 0.3 is 0 Å². The number of hydrogen-bond acceptors (Lipinski definition) is 4. The van der Waals surface area contributed by atoms with Crippen LogP contribution in [0.3, 0.4) is 0 Å². The molecule has 0 spiro atoms. The molecule has 0 radical (unpaired) electrons. The highest BCUT2D eigenvalue weighted by Gasteiger charge is 2.44. The Morgan fingerprint density at radius 3 is 2.59 bits per heavy atom. The molecule has 0 aromatic carbocycles. The highest BCUT2D eigenvalue weighted by Crippen LogP contribution is 2.31. The molecule has 0 saturated carbocycles. The second-order valence-corrected chi connectivity index (χ2v) is 3.78. The van der Waals surface area contributed by atoms with Gasteiger partial charge in [0.25, 0.3) is 6.43 Å². The van der Waals surface area contributed by atoms with Crippen LogP contribution in [0.2, 0.25) is 0 Å². The fraction of sp³-hybridized carbons (Fsp3) is 0.778. The zero-order chi connectivity index (χ0) is 12.9. The monoisotopic (exact) mass is 251 g/mol. The Balaban J connectivity index is 2.79. The van der Waals surface area contributed by atoms with Crippen molar-refractivity contribution < 1.29 is 23.5 Å². The molecule has 1 heterocycles. The minimum atomic E-state index is -2.64. The summed E-state index contributed by atoms with van der Waals surface area (Å²) < 4.78 is 29.1. The van der Waals surface area contributed by atoms with Crippen LogP contribution >= 0.6 is 0 Å². The third-order valence-corrected chi connectivity index (χ3v) is 2.80. The molecule has 98 valence electrons. The molecule has 0 unspecified atom stereocenters. The van der Waals surface area contributed by atoms with Gasteiger partial charge in [-0.3, -0.25) is 4.79 Å². The fourth-order valence-electron chi connectivity index (χ4n) is 1.75. The van der Waals surface area contributed by atoms with Gasteiger partial charge in [-0.1, -0.05) is 5.16 Å². The van der Waals surface area contributed by atoms with Crippen molar-refractivity contribution in [3.8, 4) is 0 Å². The first-order chi connectivity index (χ1) is 8.03. The highest BCUT2D eigenvalue weighted by molar-refractivity contribution is 6.06. The van der Waals surface area contributed by atoms with Gasteiger partial charge < -0.3 is 21.0 Å². The molecule has 0 aliphatic carbocycles. The minimum absolute atomic E-state index is 0.206. The fourth-order valence-corrected chi connectivity index (χ4v) is 1.75. The molecule has 1 aliphatic rings. The van der Waals surface area contributed by atoms with E-state index >= 15 is 0 Å². The van der Waals surface area contributed by atoms with Crippen LogP contribution in [-0.2, 0) is 9.53 Å².